The van der Waals surface area contributed by atoms with Crippen molar-refractivity contribution in [2.24, 2.45) is 0 Å². The van der Waals surface area contributed by atoms with Crippen molar-refractivity contribution in [1.82, 2.24) is 4.90 Å². The Morgan fingerprint density at radius 1 is 1.50 bits per heavy atom. The highest BCUT2D eigenvalue weighted by atomic mass is 16.4. The van der Waals surface area contributed by atoms with Crippen LogP contribution in [-0.2, 0) is 0 Å². The average molecular weight is 117 g/mol. The van der Waals surface area contributed by atoms with Crippen LogP contribution in [0.5, 0.6) is 0 Å². The molecule has 0 bridgehead atoms. The van der Waals surface area contributed by atoms with Crippen molar-refractivity contribution in [3.63, 3.8) is 0 Å². The summed E-state index contributed by atoms with van der Waals surface area (Å²) in [6.45, 7) is 4.78. The lowest BCUT2D eigenvalue weighted by atomic mass is 10.6. The lowest BCUT2D eigenvalue weighted by molar-refractivity contribution is 0.150. The summed E-state index contributed by atoms with van der Waals surface area (Å²) in [6.07, 6.45) is -0.838. The van der Waals surface area contributed by atoms with E-state index in [-0.39, 0.29) is 0 Å². The molecule has 8 heavy (non-hydrogen) atoms. The Labute approximate surface area is 48.9 Å². The first-order valence-corrected chi connectivity index (χ1v) is 2.70. The molecule has 3 heteroatoms. The Balaban J connectivity index is 3.52. The SMILES string of the molecule is CCN(CC)C(=O)O. The van der Waals surface area contributed by atoms with Crippen LogP contribution in [0.15, 0.2) is 0 Å². The van der Waals surface area contributed by atoms with Gasteiger partial charge in [0.15, 0.2) is 0 Å². The minimum Gasteiger partial charge on any atom is -0.465 e. The first-order chi connectivity index (χ1) is 3.72. The van der Waals surface area contributed by atoms with E-state index in [1.54, 1.807) is 0 Å². The molecule has 0 atom stereocenters. The molecule has 0 aliphatic rings. The van der Waals surface area contributed by atoms with Gasteiger partial charge in [0.1, 0.15) is 0 Å². The van der Waals surface area contributed by atoms with Crippen LogP contribution in [0.2, 0.25) is 0 Å². The second-order valence-electron chi connectivity index (χ2n) is 1.45. The second-order valence-corrected chi connectivity index (χ2v) is 1.45. The maximum atomic E-state index is 10.1. The van der Waals surface area contributed by atoms with Gasteiger partial charge in [-0.1, -0.05) is 0 Å². The Hall–Kier alpha value is -0.730. The van der Waals surface area contributed by atoms with Gasteiger partial charge in [0.2, 0.25) is 0 Å². The third-order valence-electron chi connectivity index (χ3n) is 1.03. The summed E-state index contributed by atoms with van der Waals surface area (Å²) in [5.74, 6) is 0. The van der Waals surface area contributed by atoms with E-state index in [1.165, 1.54) is 4.90 Å². The highest BCUT2D eigenvalue weighted by molar-refractivity contribution is 5.64. The van der Waals surface area contributed by atoms with Crippen LogP contribution >= 0.6 is 0 Å². The zero-order chi connectivity index (χ0) is 6.57. The van der Waals surface area contributed by atoms with Gasteiger partial charge in [-0.25, -0.2) is 4.79 Å². The normalized spacial score (nSPS) is 8.75. The summed E-state index contributed by atoms with van der Waals surface area (Å²) in [6, 6.07) is 0. The summed E-state index contributed by atoms with van der Waals surface area (Å²) in [7, 11) is 0. The Kier molecular flexibility index (Phi) is 2.99. The molecule has 0 spiro atoms. The number of carboxylic acid groups (broad SMARTS) is 1. The lowest BCUT2D eigenvalue weighted by Gasteiger charge is -2.12. The zero-order valence-electron chi connectivity index (χ0n) is 5.22. The van der Waals surface area contributed by atoms with E-state index in [2.05, 4.69) is 0 Å². The molecule has 0 aromatic rings. The molecule has 0 aliphatic carbocycles. The van der Waals surface area contributed by atoms with Gasteiger partial charge in [-0.05, 0) is 13.8 Å². The number of hydrogen-bond donors (Lipinski definition) is 1. The fourth-order valence-corrected chi connectivity index (χ4v) is 0.494. The lowest BCUT2D eigenvalue weighted by Crippen LogP contribution is -2.28. The van der Waals surface area contributed by atoms with Crippen molar-refractivity contribution in [3.8, 4) is 0 Å². The van der Waals surface area contributed by atoms with Crippen molar-refractivity contribution in [2.75, 3.05) is 13.1 Å². The first-order valence-electron chi connectivity index (χ1n) is 2.70. The molecule has 48 valence electrons. The largest absolute Gasteiger partial charge is 0.465 e. The van der Waals surface area contributed by atoms with E-state index in [0.29, 0.717) is 13.1 Å². The fourth-order valence-electron chi connectivity index (χ4n) is 0.494. The molecule has 0 saturated heterocycles. The van der Waals surface area contributed by atoms with Crippen molar-refractivity contribution in [1.29, 1.82) is 0 Å². The van der Waals surface area contributed by atoms with Gasteiger partial charge in [0, 0.05) is 13.1 Å². The molecule has 1 N–H and O–H groups in total. The van der Waals surface area contributed by atoms with Crippen LogP contribution < -0.4 is 0 Å². The highest BCUT2D eigenvalue weighted by Gasteiger charge is 2.02. The molecule has 0 aromatic heterocycles. The van der Waals surface area contributed by atoms with E-state index < -0.39 is 6.09 Å². The van der Waals surface area contributed by atoms with Gasteiger partial charge in [0.25, 0.3) is 0 Å². The van der Waals surface area contributed by atoms with Crippen molar-refractivity contribution in [2.45, 2.75) is 13.8 Å². The minimum absolute atomic E-state index is 0.575. The number of nitrogens with zero attached hydrogens (tertiary/aromatic N) is 1. The molecule has 0 saturated carbocycles. The maximum absolute atomic E-state index is 10.1. The van der Waals surface area contributed by atoms with Gasteiger partial charge in [-0.3, -0.25) is 0 Å². The number of rotatable bonds is 2. The number of hydrogen-bond acceptors (Lipinski definition) is 1. The number of carbonyl (C=O) groups is 1. The fraction of sp³-hybridized carbons (Fsp3) is 0.800. The molecule has 0 fully saturated rings. The molecule has 0 aromatic carbocycles. The Morgan fingerprint density at radius 2 is 1.88 bits per heavy atom. The highest BCUT2D eigenvalue weighted by Crippen LogP contribution is 1.84. The Morgan fingerprint density at radius 3 is 1.88 bits per heavy atom. The topological polar surface area (TPSA) is 40.5 Å². The first kappa shape index (κ1) is 7.27. The summed E-state index contributed by atoms with van der Waals surface area (Å²) in [4.78, 5) is 11.4. The van der Waals surface area contributed by atoms with E-state index >= 15 is 0 Å². The smallest absolute Gasteiger partial charge is 0.407 e. The van der Waals surface area contributed by atoms with Gasteiger partial charge < -0.3 is 10.0 Å². The maximum Gasteiger partial charge on any atom is 0.407 e. The molecular weight excluding hydrogens is 106 g/mol. The van der Waals surface area contributed by atoms with E-state index in [4.69, 9.17) is 5.11 Å². The molecule has 0 radical (unpaired) electrons. The minimum atomic E-state index is -0.838. The van der Waals surface area contributed by atoms with Crippen molar-refractivity contribution < 1.29 is 9.90 Å². The third kappa shape index (κ3) is 1.82. The molecule has 0 aliphatic heterocycles. The second kappa shape index (κ2) is 3.29. The van der Waals surface area contributed by atoms with Crippen LogP contribution in [0.1, 0.15) is 13.8 Å². The quantitative estimate of drug-likeness (QED) is 0.586. The Bertz CT molecular complexity index is 78.5. The van der Waals surface area contributed by atoms with Crippen molar-refractivity contribution in [3.05, 3.63) is 0 Å². The van der Waals surface area contributed by atoms with Crippen LogP contribution in [0.4, 0.5) is 4.79 Å². The summed E-state index contributed by atoms with van der Waals surface area (Å²) in [5, 5.41) is 8.30. The average Bonchev–Trinajstić information content (AvgIpc) is 1.69. The van der Waals surface area contributed by atoms with Crippen LogP contribution in [0.3, 0.4) is 0 Å². The van der Waals surface area contributed by atoms with Crippen LogP contribution in [-0.4, -0.2) is 29.2 Å². The van der Waals surface area contributed by atoms with Crippen LogP contribution in [0.25, 0.3) is 0 Å². The molecule has 3 nitrogen and oxygen atoms in total. The molecule has 0 rings (SSSR count). The molecule has 1 amide bonds. The monoisotopic (exact) mass is 117 g/mol. The third-order valence-corrected chi connectivity index (χ3v) is 1.03. The van der Waals surface area contributed by atoms with Crippen LogP contribution in [0, 0.1) is 0 Å². The van der Waals surface area contributed by atoms with Crippen molar-refractivity contribution >= 4 is 6.09 Å². The number of amides is 1. The molecule has 0 heterocycles. The predicted octanol–water partition coefficient (Wildman–Crippen LogP) is 1.01. The van der Waals surface area contributed by atoms with Gasteiger partial charge in [-0.15, -0.1) is 0 Å². The van der Waals surface area contributed by atoms with Gasteiger partial charge >= 0.3 is 6.09 Å². The summed E-state index contributed by atoms with van der Waals surface area (Å²) < 4.78 is 0. The zero-order valence-corrected chi connectivity index (χ0v) is 5.22. The predicted molar refractivity (Wildman–Crippen MR) is 30.9 cm³/mol. The molecular formula is C5H11NO2. The van der Waals surface area contributed by atoms with Gasteiger partial charge in [0.05, 0.1) is 0 Å². The standard InChI is InChI=1S/C5H11NO2/c1-3-6(4-2)5(7)8/h3-4H2,1-2H3,(H,7,8). The van der Waals surface area contributed by atoms with E-state index in [0.717, 1.165) is 0 Å². The van der Waals surface area contributed by atoms with E-state index in [9.17, 15) is 4.79 Å². The van der Waals surface area contributed by atoms with E-state index in [1.807, 2.05) is 13.8 Å². The summed E-state index contributed by atoms with van der Waals surface area (Å²) >= 11 is 0. The molecule has 0 unspecified atom stereocenters. The summed E-state index contributed by atoms with van der Waals surface area (Å²) in [5.41, 5.74) is 0. The van der Waals surface area contributed by atoms with Gasteiger partial charge in [-0.2, -0.15) is 0 Å².